The van der Waals surface area contributed by atoms with Crippen LogP contribution in [0.2, 0.25) is 0 Å². The standard InChI is InChI=1S/C13H19N5O2/c1-2-17-8-10(5-15-17)7-16-9-11-6-14-3-4-18(11)13(20)12(16)19/h5,8,11,14H,2-4,6-7,9H2,1H3. The van der Waals surface area contributed by atoms with E-state index in [9.17, 15) is 9.59 Å². The number of carbonyl (C=O) groups excluding carboxylic acids is 2. The maximum Gasteiger partial charge on any atom is 0.312 e. The lowest BCUT2D eigenvalue weighted by atomic mass is 10.1. The van der Waals surface area contributed by atoms with E-state index in [1.165, 1.54) is 0 Å². The second kappa shape index (κ2) is 5.24. The van der Waals surface area contributed by atoms with E-state index in [2.05, 4.69) is 10.4 Å². The Morgan fingerprint density at radius 1 is 1.40 bits per heavy atom. The second-order valence-electron chi connectivity index (χ2n) is 5.25. The molecule has 0 aliphatic carbocycles. The Hall–Kier alpha value is -1.89. The quantitative estimate of drug-likeness (QED) is 0.723. The number of piperazine rings is 2. The van der Waals surface area contributed by atoms with Gasteiger partial charge >= 0.3 is 11.8 Å². The Kier molecular flexibility index (Phi) is 3.43. The number of fused-ring (bicyclic) bond motifs is 1. The average Bonchev–Trinajstić information content (AvgIpc) is 2.92. The second-order valence-corrected chi connectivity index (χ2v) is 5.25. The zero-order chi connectivity index (χ0) is 14.1. The number of nitrogens with one attached hydrogen (secondary N) is 1. The SMILES string of the molecule is CCn1cc(CN2CC3CNCCN3C(=O)C2=O)cn1. The summed E-state index contributed by atoms with van der Waals surface area (Å²) in [5, 5.41) is 7.47. The van der Waals surface area contributed by atoms with Crippen molar-refractivity contribution in [2.75, 3.05) is 26.2 Å². The highest BCUT2D eigenvalue weighted by atomic mass is 16.2. The molecule has 1 N–H and O–H groups in total. The van der Waals surface area contributed by atoms with E-state index in [0.717, 1.165) is 25.2 Å². The number of rotatable bonds is 3. The molecule has 2 saturated heterocycles. The Morgan fingerprint density at radius 3 is 3.00 bits per heavy atom. The van der Waals surface area contributed by atoms with Crippen LogP contribution >= 0.6 is 0 Å². The van der Waals surface area contributed by atoms with Gasteiger partial charge in [0, 0.05) is 51.0 Å². The monoisotopic (exact) mass is 277 g/mol. The van der Waals surface area contributed by atoms with E-state index in [1.54, 1.807) is 16.0 Å². The van der Waals surface area contributed by atoms with E-state index < -0.39 is 5.91 Å². The number of hydrogen-bond donors (Lipinski definition) is 1. The molecule has 3 heterocycles. The van der Waals surface area contributed by atoms with Gasteiger partial charge in [0.15, 0.2) is 0 Å². The fourth-order valence-electron chi connectivity index (χ4n) is 2.80. The first-order valence-corrected chi connectivity index (χ1v) is 7.01. The smallest absolute Gasteiger partial charge is 0.312 e. The first-order chi connectivity index (χ1) is 9.69. The fraction of sp³-hybridized carbons (Fsp3) is 0.615. The molecule has 0 aromatic carbocycles. The maximum atomic E-state index is 12.1. The molecular formula is C13H19N5O2. The highest BCUT2D eigenvalue weighted by Gasteiger charge is 2.39. The van der Waals surface area contributed by atoms with Gasteiger partial charge in [-0.05, 0) is 6.92 Å². The Morgan fingerprint density at radius 2 is 2.25 bits per heavy atom. The van der Waals surface area contributed by atoms with Gasteiger partial charge in [0.05, 0.1) is 12.2 Å². The van der Waals surface area contributed by atoms with Gasteiger partial charge in [-0.15, -0.1) is 0 Å². The average molecular weight is 277 g/mol. The van der Waals surface area contributed by atoms with Crippen LogP contribution in [0.4, 0.5) is 0 Å². The molecule has 2 aliphatic rings. The minimum absolute atomic E-state index is 0.0928. The van der Waals surface area contributed by atoms with Gasteiger partial charge in [-0.2, -0.15) is 5.10 Å². The van der Waals surface area contributed by atoms with Crippen LogP contribution in [0.15, 0.2) is 12.4 Å². The Labute approximate surface area is 117 Å². The molecule has 7 heteroatoms. The van der Waals surface area contributed by atoms with Gasteiger partial charge < -0.3 is 15.1 Å². The highest BCUT2D eigenvalue weighted by Crippen LogP contribution is 2.16. The van der Waals surface area contributed by atoms with E-state index >= 15 is 0 Å². The summed E-state index contributed by atoms with van der Waals surface area (Å²) in [6, 6.07) is 0.0928. The lowest BCUT2D eigenvalue weighted by Gasteiger charge is -2.43. The number of aryl methyl sites for hydroxylation is 1. The van der Waals surface area contributed by atoms with Crippen LogP contribution in [0.1, 0.15) is 12.5 Å². The molecule has 7 nitrogen and oxygen atoms in total. The van der Waals surface area contributed by atoms with Crippen LogP contribution in [0, 0.1) is 0 Å². The van der Waals surface area contributed by atoms with Crippen molar-refractivity contribution >= 4 is 11.8 Å². The summed E-state index contributed by atoms with van der Waals surface area (Å²) in [7, 11) is 0. The summed E-state index contributed by atoms with van der Waals surface area (Å²) < 4.78 is 1.82. The fourth-order valence-corrected chi connectivity index (χ4v) is 2.80. The van der Waals surface area contributed by atoms with E-state index in [-0.39, 0.29) is 11.9 Å². The highest BCUT2D eigenvalue weighted by molar-refractivity contribution is 6.35. The van der Waals surface area contributed by atoms with Crippen LogP contribution in [-0.2, 0) is 22.7 Å². The van der Waals surface area contributed by atoms with Crippen LogP contribution in [0.3, 0.4) is 0 Å². The summed E-state index contributed by atoms with van der Waals surface area (Å²) in [6.07, 6.45) is 3.68. The Balaban J connectivity index is 1.72. The van der Waals surface area contributed by atoms with Gasteiger partial charge in [-0.25, -0.2) is 0 Å². The zero-order valence-corrected chi connectivity index (χ0v) is 11.6. The largest absolute Gasteiger partial charge is 0.328 e. The van der Waals surface area contributed by atoms with Gasteiger partial charge in [0.1, 0.15) is 0 Å². The minimum Gasteiger partial charge on any atom is -0.328 e. The van der Waals surface area contributed by atoms with Gasteiger partial charge in [-0.3, -0.25) is 14.3 Å². The first-order valence-electron chi connectivity index (χ1n) is 7.01. The van der Waals surface area contributed by atoms with Gasteiger partial charge in [-0.1, -0.05) is 0 Å². The third-order valence-corrected chi connectivity index (χ3v) is 3.90. The molecule has 1 aromatic heterocycles. The molecule has 0 bridgehead atoms. The summed E-state index contributed by atoms with van der Waals surface area (Å²) >= 11 is 0. The first kappa shape index (κ1) is 13.1. The maximum absolute atomic E-state index is 12.1. The van der Waals surface area contributed by atoms with Crippen molar-refractivity contribution in [1.82, 2.24) is 24.9 Å². The van der Waals surface area contributed by atoms with Crippen molar-refractivity contribution < 1.29 is 9.59 Å². The predicted molar refractivity (Wildman–Crippen MR) is 71.7 cm³/mol. The lowest BCUT2D eigenvalue weighted by Crippen LogP contribution is -2.65. The van der Waals surface area contributed by atoms with Gasteiger partial charge in [0.2, 0.25) is 0 Å². The molecule has 0 radical (unpaired) electrons. The van der Waals surface area contributed by atoms with Crippen molar-refractivity contribution in [1.29, 1.82) is 0 Å². The lowest BCUT2D eigenvalue weighted by molar-refractivity contribution is -0.160. The van der Waals surface area contributed by atoms with Crippen molar-refractivity contribution in [2.45, 2.75) is 26.1 Å². The van der Waals surface area contributed by atoms with Crippen LogP contribution in [-0.4, -0.2) is 63.6 Å². The molecule has 2 aliphatic heterocycles. The normalized spacial score (nSPS) is 23.1. The molecule has 2 fully saturated rings. The van der Waals surface area contributed by atoms with Crippen molar-refractivity contribution in [3.05, 3.63) is 18.0 Å². The summed E-state index contributed by atoms with van der Waals surface area (Å²) in [5.74, 6) is -0.766. The molecule has 2 amide bonds. The van der Waals surface area contributed by atoms with Crippen molar-refractivity contribution in [3.8, 4) is 0 Å². The van der Waals surface area contributed by atoms with Crippen LogP contribution < -0.4 is 5.32 Å². The molecule has 20 heavy (non-hydrogen) atoms. The van der Waals surface area contributed by atoms with Crippen molar-refractivity contribution in [3.63, 3.8) is 0 Å². The van der Waals surface area contributed by atoms with Crippen LogP contribution in [0.25, 0.3) is 0 Å². The summed E-state index contributed by atoms with van der Waals surface area (Å²) in [5.41, 5.74) is 0.963. The molecule has 108 valence electrons. The third-order valence-electron chi connectivity index (χ3n) is 3.90. The Bertz CT molecular complexity index is 527. The molecule has 3 rings (SSSR count). The summed E-state index contributed by atoms with van der Waals surface area (Å²) in [6.45, 7) is 5.99. The predicted octanol–water partition coefficient (Wildman–Crippen LogP) is -0.954. The van der Waals surface area contributed by atoms with E-state index in [0.29, 0.717) is 19.6 Å². The number of nitrogens with zero attached hydrogens (tertiary/aromatic N) is 4. The topological polar surface area (TPSA) is 70.5 Å². The van der Waals surface area contributed by atoms with Crippen molar-refractivity contribution in [2.24, 2.45) is 0 Å². The van der Waals surface area contributed by atoms with E-state index in [4.69, 9.17) is 0 Å². The molecule has 0 saturated carbocycles. The number of hydrogen-bond acceptors (Lipinski definition) is 4. The third kappa shape index (κ3) is 2.29. The number of aromatic nitrogens is 2. The van der Waals surface area contributed by atoms with Gasteiger partial charge in [0.25, 0.3) is 0 Å². The summed E-state index contributed by atoms with van der Waals surface area (Å²) in [4.78, 5) is 27.6. The number of carbonyl (C=O) groups is 2. The molecule has 1 unspecified atom stereocenters. The molecule has 1 atom stereocenters. The van der Waals surface area contributed by atoms with E-state index in [1.807, 2.05) is 17.8 Å². The molecule has 1 aromatic rings. The molecule has 0 spiro atoms. The minimum atomic E-state index is -0.396. The number of amides is 2. The zero-order valence-electron chi connectivity index (χ0n) is 11.6. The molecular weight excluding hydrogens is 258 g/mol. The van der Waals surface area contributed by atoms with Crippen LogP contribution in [0.5, 0.6) is 0 Å².